The SMILES string of the molecule is CC(C)Cc1nc2sc3c(NCC(C)O)ncnc3c2c2c1CCC2. The van der Waals surface area contributed by atoms with E-state index in [2.05, 4.69) is 29.1 Å². The molecule has 25 heavy (non-hydrogen) atoms. The van der Waals surface area contributed by atoms with Crippen molar-refractivity contribution in [1.82, 2.24) is 15.0 Å². The number of nitrogens with one attached hydrogen (secondary N) is 1. The first-order valence-corrected chi connectivity index (χ1v) is 9.86. The van der Waals surface area contributed by atoms with Crippen molar-refractivity contribution >= 4 is 37.6 Å². The van der Waals surface area contributed by atoms with E-state index in [-0.39, 0.29) is 0 Å². The second kappa shape index (κ2) is 6.50. The topological polar surface area (TPSA) is 70.9 Å². The maximum Gasteiger partial charge on any atom is 0.147 e. The number of aryl methyl sites for hydroxylation is 1. The average molecular weight is 356 g/mol. The van der Waals surface area contributed by atoms with Crippen molar-refractivity contribution in [1.29, 1.82) is 0 Å². The molecule has 1 aliphatic rings. The van der Waals surface area contributed by atoms with Crippen LogP contribution in [0, 0.1) is 5.92 Å². The smallest absolute Gasteiger partial charge is 0.147 e. The number of fused-ring (bicyclic) bond motifs is 5. The van der Waals surface area contributed by atoms with Gasteiger partial charge in [0, 0.05) is 17.6 Å². The van der Waals surface area contributed by atoms with Crippen LogP contribution in [-0.2, 0) is 19.3 Å². The van der Waals surface area contributed by atoms with E-state index in [9.17, 15) is 5.11 Å². The minimum absolute atomic E-state index is 0.417. The van der Waals surface area contributed by atoms with Gasteiger partial charge in [0.15, 0.2) is 0 Å². The van der Waals surface area contributed by atoms with E-state index in [1.165, 1.54) is 28.6 Å². The Hall–Kier alpha value is -1.79. The van der Waals surface area contributed by atoms with Gasteiger partial charge in [-0.25, -0.2) is 15.0 Å². The molecule has 3 aromatic rings. The van der Waals surface area contributed by atoms with Crippen molar-refractivity contribution in [3.8, 4) is 0 Å². The molecule has 132 valence electrons. The summed E-state index contributed by atoms with van der Waals surface area (Å²) in [5.41, 5.74) is 5.18. The van der Waals surface area contributed by atoms with Crippen molar-refractivity contribution in [3.63, 3.8) is 0 Å². The van der Waals surface area contributed by atoms with Gasteiger partial charge in [-0.15, -0.1) is 11.3 Å². The molecule has 6 heteroatoms. The summed E-state index contributed by atoms with van der Waals surface area (Å²) in [6.45, 7) is 6.75. The summed E-state index contributed by atoms with van der Waals surface area (Å²) in [6, 6.07) is 0. The fourth-order valence-corrected chi connectivity index (χ4v) is 4.85. The number of anilines is 1. The Morgan fingerprint density at radius 1 is 1.20 bits per heavy atom. The van der Waals surface area contributed by atoms with Crippen LogP contribution >= 0.6 is 11.3 Å². The highest BCUT2D eigenvalue weighted by Crippen LogP contribution is 2.41. The van der Waals surface area contributed by atoms with Crippen molar-refractivity contribution in [2.24, 2.45) is 5.92 Å². The van der Waals surface area contributed by atoms with Gasteiger partial charge < -0.3 is 10.4 Å². The molecule has 4 rings (SSSR count). The first-order valence-electron chi connectivity index (χ1n) is 9.04. The summed E-state index contributed by atoms with van der Waals surface area (Å²) in [4.78, 5) is 15.1. The van der Waals surface area contributed by atoms with Crippen LogP contribution in [0.5, 0.6) is 0 Å². The Balaban J connectivity index is 1.92. The second-order valence-corrected chi connectivity index (χ2v) is 8.38. The van der Waals surface area contributed by atoms with Gasteiger partial charge in [0.05, 0.1) is 16.3 Å². The van der Waals surface area contributed by atoms with Crippen LogP contribution in [0.3, 0.4) is 0 Å². The van der Waals surface area contributed by atoms with Crippen LogP contribution in [-0.4, -0.2) is 32.7 Å². The summed E-state index contributed by atoms with van der Waals surface area (Å²) >= 11 is 1.67. The summed E-state index contributed by atoms with van der Waals surface area (Å²) in [6.07, 6.45) is 5.69. The van der Waals surface area contributed by atoms with Crippen LogP contribution < -0.4 is 5.32 Å². The lowest BCUT2D eigenvalue weighted by Crippen LogP contribution is -2.16. The van der Waals surface area contributed by atoms with Crippen molar-refractivity contribution in [2.45, 2.75) is 52.6 Å². The van der Waals surface area contributed by atoms with Gasteiger partial charge in [0.1, 0.15) is 17.0 Å². The van der Waals surface area contributed by atoms with Crippen molar-refractivity contribution < 1.29 is 5.11 Å². The van der Waals surface area contributed by atoms with E-state index >= 15 is 0 Å². The first-order chi connectivity index (χ1) is 12.0. The summed E-state index contributed by atoms with van der Waals surface area (Å²) < 4.78 is 1.04. The molecule has 5 nitrogen and oxygen atoms in total. The molecule has 0 bridgehead atoms. The lowest BCUT2D eigenvalue weighted by atomic mass is 9.99. The number of rotatable bonds is 5. The Morgan fingerprint density at radius 3 is 2.76 bits per heavy atom. The van der Waals surface area contributed by atoms with E-state index < -0.39 is 6.10 Å². The lowest BCUT2D eigenvalue weighted by molar-refractivity contribution is 0.208. The van der Waals surface area contributed by atoms with Crippen LogP contribution in [0.4, 0.5) is 5.82 Å². The highest BCUT2D eigenvalue weighted by Gasteiger charge is 2.24. The number of aromatic nitrogens is 3. The fourth-order valence-electron chi connectivity index (χ4n) is 3.70. The number of pyridine rings is 1. The Labute approximate surface area is 151 Å². The summed E-state index contributed by atoms with van der Waals surface area (Å²) in [5, 5.41) is 14.0. The maximum atomic E-state index is 9.56. The normalized spacial score (nSPS) is 15.2. The highest BCUT2D eigenvalue weighted by atomic mass is 32.1. The zero-order chi connectivity index (χ0) is 17.6. The van der Waals surface area contributed by atoms with Crippen molar-refractivity contribution in [3.05, 3.63) is 23.1 Å². The van der Waals surface area contributed by atoms with Gasteiger partial charge in [0.2, 0.25) is 0 Å². The number of aliphatic hydroxyl groups is 1. The molecule has 0 amide bonds. The van der Waals surface area contributed by atoms with Crippen LogP contribution in [0.1, 0.15) is 44.0 Å². The largest absolute Gasteiger partial charge is 0.392 e. The number of nitrogens with zero attached hydrogens (tertiary/aromatic N) is 3. The molecular weight excluding hydrogens is 332 g/mol. The molecule has 0 saturated heterocycles. The monoisotopic (exact) mass is 356 g/mol. The van der Waals surface area contributed by atoms with Crippen LogP contribution in [0.25, 0.3) is 20.4 Å². The molecule has 0 saturated carbocycles. The quantitative estimate of drug-likeness (QED) is 0.729. The number of thiophene rings is 1. The van der Waals surface area contributed by atoms with Gasteiger partial charge >= 0.3 is 0 Å². The number of hydrogen-bond acceptors (Lipinski definition) is 6. The predicted molar refractivity (Wildman–Crippen MR) is 103 cm³/mol. The number of hydrogen-bond donors (Lipinski definition) is 2. The predicted octanol–water partition coefficient (Wildman–Crippen LogP) is 3.72. The van der Waals surface area contributed by atoms with Crippen molar-refractivity contribution in [2.75, 3.05) is 11.9 Å². The van der Waals surface area contributed by atoms with Gasteiger partial charge in [-0.1, -0.05) is 13.8 Å². The van der Waals surface area contributed by atoms with Gasteiger partial charge in [-0.2, -0.15) is 0 Å². The summed E-state index contributed by atoms with van der Waals surface area (Å²) in [5.74, 6) is 1.40. The van der Waals surface area contributed by atoms with E-state index in [4.69, 9.17) is 4.98 Å². The Kier molecular flexibility index (Phi) is 4.33. The van der Waals surface area contributed by atoms with E-state index in [0.717, 1.165) is 40.1 Å². The molecule has 1 atom stereocenters. The number of aliphatic hydroxyl groups excluding tert-OH is 1. The second-order valence-electron chi connectivity index (χ2n) is 7.38. The zero-order valence-corrected chi connectivity index (χ0v) is 15.8. The van der Waals surface area contributed by atoms with Crippen LogP contribution in [0.15, 0.2) is 6.33 Å². The third kappa shape index (κ3) is 2.98. The molecule has 2 N–H and O–H groups in total. The Morgan fingerprint density at radius 2 is 2.00 bits per heavy atom. The molecule has 1 unspecified atom stereocenters. The molecule has 1 aliphatic carbocycles. The zero-order valence-electron chi connectivity index (χ0n) is 15.0. The molecule has 0 aromatic carbocycles. The fraction of sp³-hybridized carbons (Fsp3) is 0.526. The first kappa shape index (κ1) is 16.7. The molecule has 0 radical (unpaired) electrons. The molecular formula is C19H24N4OS. The third-order valence-corrected chi connectivity index (χ3v) is 5.80. The van der Waals surface area contributed by atoms with Gasteiger partial charge in [-0.3, -0.25) is 0 Å². The maximum absolute atomic E-state index is 9.56. The van der Waals surface area contributed by atoms with Gasteiger partial charge in [0.25, 0.3) is 0 Å². The van der Waals surface area contributed by atoms with E-state index in [1.807, 2.05) is 0 Å². The lowest BCUT2D eigenvalue weighted by Gasteiger charge is -2.11. The molecule has 3 aromatic heterocycles. The van der Waals surface area contributed by atoms with E-state index in [0.29, 0.717) is 12.5 Å². The standard InChI is InChI=1S/C19H24N4OS/c1-10(2)7-14-12-5-4-6-13(12)15-16-17(25-19(15)23-14)18(22-9-21-16)20-8-11(3)24/h9-11,24H,4-8H2,1-3H3,(H,20,21,22). The molecule has 0 spiro atoms. The Bertz CT molecular complexity index is 932. The van der Waals surface area contributed by atoms with E-state index in [1.54, 1.807) is 24.6 Å². The minimum atomic E-state index is -0.417. The molecule has 3 heterocycles. The summed E-state index contributed by atoms with van der Waals surface area (Å²) in [7, 11) is 0. The minimum Gasteiger partial charge on any atom is -0.392 e. The molecule has 0 aliphatic heterocycles. The molecule has 0 fully saturated rings. The van der Waals surface area contributed by atoms with Gasteiger partial charge in [-0.05, 0) is 49.7 Å². The average Bonchev–Trinajstić information content (AvgIpc) is 3.16. The third-order valence-electron chi connectivity index (χ3n) is 4.72. The van der Waals surface area contributed by atoms with Crippen LogP contribution in [0.2, 0.25) is 0 Å². The highest BCUT2D eigenvalue weighted by molar-refractivity contribution is 7.26.